The van der Waals surface area contributed by atoms with Crippen LogP contribution in [-0.4, -0.2) is 34.8 Å². The van der Waals surface area contributed by atoms with E-state index in [9.17, 15) is 9.59 Å². The number of likely N-dealkylation sites (tertiary alicyclic amines) is 1. The van der Waals surface area contributed by atoms with E-state index >= 15 is 0 Å². The van der Waals surface area contributed by atoms with Crippen LogP contribution in [0, 0.1) is 5.41 Å². The van der Waals surface area contributed by atoms with Crippen LogP contribution in [0.2, 0.25) is 0 Å². The maximum atomic E-state index is 12.2. The van der Waals surface area contributed by atoms with Gasteiger partial charge in [0.1, 0.15) is 0 Å². The SMILES string of the molecule is CC(C)N1C(=O)CC(NC2CCCC2(C)C)C1=O. The lowest BCUT2D eigenvalue weighted by Crippen LogP contribution is -2.48. The molecule has 2 rings (SSSR count). The predicted octanol–water partition coefficient (Wildman–Crippen LogP) is 1.69. The molecule has 1 aliphatic carbocycles. The minimum atomic E-state index is -0.303. The second-order valence-electron chi connectivity index (χ2n) is 6.55. The van der Waals surface area contributed by atoms with E-state index < -0.39 is 0 Å². The van der Waals surface area contributed by atoms with Crippen molar-refractivity contribution in [1.29, 1.82) is 0 Å². The molecule has 18 heavy (non-hydrogen) atoms. The van der Waals surface area contributed by atoms with Gasteiger partial charge in [-0.3, -0.25) is 14.5 Å². The average Bonchev–Trinajstić information content (AvgIpc) is 2.69. The van der Waals surface area contributed by atoms with Crippen LogP contribution in [0.25, 0.3) is 0 Å². The quantitative estimate of drug-likeness (QED) is 0.778. The van der Waals surface area contributed by atoms with E-state index in [1.54, 1.807) is 0 Å². The highest BCUT2D eigenvalue weighted by atomic mass is 16.2. The van der Waals surface area contributed by atoms with E-state index in [4.69, 9.17) is 0 Å². The van der Waals surface area contributed by atoms with Crippen LogP contribution in [0.15, 0.2) is 0 Å². The topological polar surface area (TPSA) is 49.4 Å². The Balaban J connectivity index is 2.04. The first-order chi connectivity index (χ1) is 8.33. The fourth-order valence-electron chi connectivity index (χ4n) is 3.20. The zero-order chi connectivity index (χ0) is 13.5. The summed E-state index contributed by atoms with van der Waals surface area (Å²) in [5.74, 6) is -0.0824. The number of carbonyl (C=O) groups is 2. The van der Waals surface area contributed by atoms with Gasteiger partial charge in [0.25, 0.3) is 0 Å². The first-order valence-corrected chi connectivity index (χ1v) is 6.95. The van der Waals surface area contributed by atoms with Crippen molar-refractivity contribution in [2.45, 2.75) is 71.5 Å². The first-order valence-electron chi connectivity index (χ1n) is 6.95. The molecule has 1 aliphatic heterocycles. The van der Waals surface area contributed by atoms with Gasteiger partial charge in [0.15, 0.2) is 0 Å². The van der Waals surface area contributed by atoms with Gasteiger partial charge in [0.2, 0.25) is 11.8 Å². The molecule has 1 heterocycles. The summed E-state index contributed by atoms with van der Waals surface area (Å²) in [7, 11) is 0. The predicted molar refractivity (Wildman–Crippen MR) is 69.9 cm³/mol. The molecule has 2 unspecified atom stereocenters. The fraction of sp³-hybridized carbons (Fsp3) is 0.857. The number of rotatable bonds is 3. The highest BCUT2D eigenvalue weighted by Gasteiger charge is 2.43. The zero-order valence-electron chi connectivity index (χ0n) is 11.8. The van der Waals surface area contributed by atoms with Gasteiger partial charge >= 0.3 is 0 Å². The highest BCUT2D eigenvalue weighted by molar-refractivity contribution is 6.05. The number of hydrogen-bond donors (Lipinski definition) is 1. The van der Waals surface area contributed by atoms with Gasteiger partial charge in [-0.05, 0) is 32.1 Å². The normalized spacial score (nSPS) is 31.7. The van der Waals surface area contributed by atoms with Crippen LogP contribution in [0.4, 0.5) is 0 Å². The third-order valence-electron chi connectivity index (χ3n) is 4.36. The van der Waals surface area contributed by atoms with Crippen molar-refractivity contribution in [1.82, 2.24) is 10.2 Å². The summed E-state index contributed by atoms with van der Waals surface area (Å²) >= 11 is 0. The Morgan fingerprint density at radius 2 is 2.00 bits per heavy atom. The number of carbonyl (C=O) groups excluding carboxylic acids is 2. The third kappa shape index (κ3) is 2.30. The molecule has 0 radical (unpaired) electrons. The van der Waals surface area contributed by atoms with Crippen molar-refractivity contribution in [3.05, 3.63) is 0 Å². The highest BCUT2D eigenvalue weighted by Crippen LogP contribution is 2.38. The number of nitrogens with zero attached hydrogens (tertiary/aromatic N) is 1. The van der Waals surface area contributed by atoms with Crippen molar-refractivity contribution in [3.63, 3.8) is 0 Å². The standard InChI is InChI=1S/C14H24N2O2/c1-9(2)16-12(17)8-10(13(16)18)15-11-6-5-7-14(11,3)4/h9-11,15H,5-8H2,1-4H3. The van der Waals surface area contributed by atoms with E-state index in [0.717, 1.165) is 6.42 Å². The Hall–Kier alpha value is -0.900. The fourth-order valence-corrected chi connectivity index (χ4v) is 3.20. The summed E-state index contributed by atoms with van der Waals surface area (Å²) < 4.78 is 0. The number of hydrogen-bond acceptors (Lipinski definition) is 3. The van der Waals surface area contributed by atoms with Gasteiger partial charge in [-0.15, -0.1) is 0 Å². The van der Waals surface area contributed by atoms with E-state index in [1.165, 1.54) is 17.7 Å². The van der Waals surface area contributed by atoms with E-state index in [1.807, 2.05) is 13.8 Å². The van der Waals surface area contributed by atoms with Crippen LogP contribution in [-0.2, 0) is 9.59 Å². The molecule has 4 heteroatoms. The molecule has 1 N–H and O–H groups in total. The largest absolute Gasteiger partial charge is 0.302 e. The van der Waals surface area contributed by atoms with Crippen molar-refractivity contribution < 1.29 is 9.59 Å². The van der Waals surface area contributed by atoms with Gasteiger partial charge in [-0.2, -0.15) is 0 Å². The average molecular weight is 252 g/mol. The monoisotopic (exact) mass is 252 g/mol. The van der Waals surface area contributed by atoms with Gasteiger partial charge in [0, 0.05) is 12.1 Å². The second kappa shape index (κ2) is 4.65. The van der Waals surface area contributed by atoms with Crippen LogP contribution in [0.5, 0.6) is 0 Å². The Morgan fingerprint density at radius 3 is 2.44 bits per heavy atom. The van der Waals surface area contributed by atoms with Crippen molar-refractivity contribution in [2.75, 3.05) is 0 Å². The first kappa shape index (κ1) is 13.5. The molecule has 2 atom stereocenters. The van der Waals surface area contributed by atoms with Crippen LogP contribution in [0.1, 0.15) is 53.4 Å². The molecule has 0 aromatic carbocycles. The van der Waals surface area contributed by atoms with Crippen molar-refractivity contribution >= 4 is 11.8 Å². The summed E-state index contributed by atoms with van der Waals surface area (Å²) in [6.07, 6.45) is 3.82. The lowest BCUT2D eigenvalue weighted by molar-refractivity contribution is -0.140. The van der Waals surface area contributed by atoms with E-state index in [0.29, 0.717) is 12.5 Å². The maximum Gasteiger partial charge on any atom is 0.247 e. The summed E-state index contributed by atoms with van der Waals surface area (Å²) in [4.78, 5) is 25.4. The number of amides is 2. The molecule has 0 aromatic heterocycles. The molecule has 2 fully saturated rings. The van der Waals surface area contributed by atoms with Gasteiger partial charge in [-0.1, -0.05) is 20.3 Å². The van der Waals surface area contributed by atoms with Crippen LogP contribution < -0.4 is 5.32 Å². The Kier molecular flexibility index (Phi) is 3.49. The van der Waals surface area contributed by atoms with E-state index in [2.05, 4.69) is 19.2 Å². The molecule has 0 aromatic rings. The molecule has 0 bridgehead atoms. The summed E-state index contributed by atoms with van der Waals surface area (Å²) in [5, 5.41) is 3.42. The molecule has 2 amide bonds. The van der Waals surface area contributed by atoms with Crippen LogP contribution in [0.3, 0.4) is 0 Å². The molecular weight excluding hydrogens is 228 g/mol. The Bertz CT molecular complexity index is 363. The second-order valence-corrected chi connectivity index (χ2v) is 6.55. The van der Waals surface area contributed by atoms with Gasteiger partial charge in [0.05, 0.1) is 12.5 Å². The summed E-state index contributed by atoms with van der Waals surface area (Å²) in [6, 6.07) is 0.0158. The Morgan fingerprint density at radius 1 is 1.33 bits per heavy atom. The van der Waals surface area contributed by atoms with Crippen molar-refractivity contribution in [3.8, 4) is 0 Å². The molecule has 1 saturated heterocycles. The van der Waals surface area contributed by atoms with Crippen molar-refractivity contribution in [2.24, 2.45) is 5.41 Å². The molecule has 0 spiro atoms. The van der Waals surface area contributed by atoms with Gasteiger partial charge < -0.3 is 5.32 Å². The molecule has 4 nitrogen and oxygen atoms in total. The summed E-state index contributed by atoms with van der Waals surface area (Å²) in [5.41, 5.74) is 0.231. The minimum absolute atomic E-state index is 0.0339. The lowest BCUT2D eigenvalue weighted by atomic mass is 9.87. The van der Waals surface area contributed by atoms with Crippen LogP contribution >= 0.6 is 0 Å². The number of nitrogens with one attached hydrogen (secondary N) is 1. The van der Waals surface area contributed by atoms with Gasteiger partial charge in [-0.25, -0.2) is 0 Å². The molecular formula is C14H24N2O2. The molecule has 102 valence electrons. The smallest absolute Gasteiger partial charge is 0.247 e. The molecule has 1 saturated carbocycles. The lowest BCUT2D eigenvalue weighted by Gasteiger charge is -2.30. The zero-order valence-corrected chi connectivity index (χ0v) is 11.8. The Labute approximate surface area is 109 Å². The molecule has 2 aliphatic rings. The maximum absolute atomic E-state index is 12.2. The van der Waals surface area contributed by atoms with E-state index in [-0.39, 0.29) is 29.3 Å². The third-order valence-corrected chi connectivity index (χ3v) is 4.36. The summed E-state index contributed by atoms with van der Waals surface area (Å²) in [6.45, 7) is 8.24. The number of imide groups is 1. The minimum Gasteiger partial charge on any atom is -0.302 e.